The zero-order valence-corrected chi connectivity index (χ0v) is 16.2. The van der Waals surface area contributed by atoms with Gasteiger partial charge in [-0.1, -0.05) is 12.1 Å². The van der Waals surface area contributed by atoms with E-state index in [0.717, 1.165) is 24.3 Å². The van der Waals surface area contributed by atoms with Crippen molar-refractivity contribution in [3.8, 4) is 11.3 Å². The molecule has 3 heterocycles. The molecule has 1 saturated heterocycles. The molecule has 0 unspecified atom stereocenters. The van der Waals surface area contributed by atoms with Gasteiger partial charge in [0.2, 0.25) is 0 Å². The number of piperazine rings is 1. The summed E-state index contributed by atoms with van der Waals surface area (Å²) in [7, 11) is 0. The van der Waals surface area contributed by atoms with E-state index in [1.807, 2.05) is 17.0 Å². The number of pyridine rings is 1. The van der Waals surface area contributed by atoms with E-state index >= 15 is 0 Å². The highest BCUT2D eigenvalue weighted by Gasteiger charge is 2.23. The molecule has 0 saturated carbocycles. The molecule has 4 rings (SSSR count). The number of aromatic nitrogens is 3. The van der Waals surface area contributed by atoms with Crippen LogP contribution in [0.4, 0.5) is 5.69 Å². The number of benzene rings is 1. The molecule has 1 aromatic carbocycles. The maximum atomic E-state index is 12.9. The third kappa shape index (κ3) is 3.71. The second-order valence-corrected chi connectivity index (χ2v) is 7.13. The van der Waals surface area contributed by atoms with Gasteiger partial charge >= 0.3 is 0 Å². The highest BCUT2D eigenvalue weighted by Crippen LogP contribution is 2.23. The normalized spacial score (nSPS) is 14.2. The lowest BCUT2D eigenvalue weighted by Gasteiger charge is -2.37. The van der Waals surface area contributed by atoms with Crippen LogP contribution in [-0.4, -0.2) is 51.9 Å². The molecule has 0 N–H and O–H groups in total. The number of hydrogen-bond acceptors (Lipinski definition) is 5. The average Bonchev–Trinajstić information content (AvgIpc) is 2.76. The first kappa shape index (κ1) is 18.1. The van der Waals surface area contributed by atoms with Crippen LogP contribution in [0.5, 0.6) is 0 Å². The summed E-state index contributed by atoms with van der Waals surface area (Å²) in [4.78, 5) is 29.5. The molecule has 0 aliphatic carbocycles. The molecular formula is C22H23N5O. The second-order valence-electron chi connectivity index (χ2n) is 7.13. The summed E-state index contributed by atoms with van der Waals surface area (Å²) >= 11 is 0. The Morgan fingerprint density at radius 2 is 1.68 bits per heavy atom. The highest BCUT2D eigenvalue weighted by atomic mass is 16.2. The minimum Gasteiger partial charge on any atom is -0.368 e. The first-order valence-corrected chi connectivity index (χ1v) is 9.45. The van der Waals surface area contributed by atoms with Crippen LogP contribution in [0.25, 0.3) is 11.3 Å². The number of carbonyl (C=O) groups is 1. The monoisotopic (exact) mass is 373 g/mol. The van der Waals surface area contributed by atoms with Crippen molar-refractivity contribution in [2.45, 2.75) is 13.8 Å². The van der Waals surface area contributed by atoms with E-state index in [9.17, 15) is 4.79 Å². The fraction of sp³-hybridized carbons (Fsp3) is 0.273. The Balaban J connectivity index is 1.42. The topological polar surface area (TPSA) is 62.2 Å². The van der Waals surface area contributed by atoms with Gasteiger partial charge in [0.05, 0.1) is 11.3 Å². The summed E-state index contributed by atoms with van der Waals surface area (Å²) in [5.41, 5.74) is 6.01. The number of amides is 1. The van der Waals surface area contributed by atoms with Gasteiger partial charge in [-0.3, -0.25) is 9.78 Å². The van der Waals surface area contributed by atoms with Gasteiger partial charge in [-0.05, 0) is 43.2 Å². The minimum atomic E-state index is 0.0315. The summed E-state index contributed by atoms with van der Waals surface area (Å²) in [6, 6.07) is 10.2. The molecule has 0 atom stereocenters. The van der Waals surface area contributed by atoms with E-state index in [-0.39, 0.29) is 5.91 Å². The summed E-state index contributed by atoms with van der Waals surface area (Å²) in [5.74, 6) is 0.0315. The van der Waals surface area contributed by atoms with Gasteiger partial charge in [0, 0.05) is 56.0 Å². The quantitative estimate of drug-likeness (QED) is 0.706. The number of aryl methyl sites for hydroxylation is 2. The number of hydrogen-bond donors (Lipinski definition) is 0. The lowest BCUT2D eigenvalue weighted by Crippen LogP contribution is -2.49. The van der Waals surface area contributed by atoms with Crippen molar-refractivity contribution in [1.82, 2.24) is 19.9 Å². The molecule has 3 aromatic rings. The van der Waals surface area contributed by atoms with Gasteiger partial charge in [-0.25, -0.2) is 9.97 Å². The van der Waals surface area contributed by atoms with Crippen molar-refractivity contribution in [2.75, 3.05) is 31.1 Å². The van der Waals surface area contributed by atoms with E-state index in [1.54, 1.807) is 18.6 Å². The van der Waals surface area contributed by atoms with Crippen LogP contribution in [0.1, 0.15) is 21.5 Å². The zero-order chi connectivity index (χ0) is 19.5. The van der Waals surface area contributed by atoms with E-state index in [1.165, 1.54) is 23.1 Å². The second kappa shape index (κ2) is 7.76. The van der Waals surface area contributed by atoms with Crippen molar-refractivity contribution >= 4 is 11.6 Å². The molecule has 1 aliphatic rings. The Kier molecular flexibility index (Phi) is 5.02. The lowest BCUT2D eigenvalue weighted by molar-refractivity contribution is 0.0746. The number of rotatable bonds is 3. The highest BCUT2D eigenvalue weighted by molar-refractivity contribution is 5.94. The smallest absolute Gasteiger partial charge is 0.255 e. The van der Waals surface area contributed by atoms with Crippen LogP contribution in [0.3, 0.4) is 0 Å². The van der Waals surface area contributed by atoms with Gasteiger partial charge < -0.3 is 9.80 Å². The first-order valence-electron chi connectivity index (χ1n) is 9.45. The Bertz CT molecular complexity index is 964. The molecule has 2 aromatic heterocycles. The van der Waals surface area contributed by atoms with Gasteiger partial charge in [-0.15, -0.1) is 0 Å². The predicted molar refractivity (Wildman–Crippen MR) is 109 cm³/mol. The third-order valence-corrected chi connectivity index (χ3v) is 5.14. The molecule has 0 spiro atoms. The maximum absolute atomic E-state index is 12.9. The summed E-state index contributed by atoms with van der Waals surface area (Å²) in [6.45, 7) is 7.34. The van der Waals surface area contributed by atoms with Crippen LogP contribution in [0, 0.1) is 13.8 Å². The van der Waals surface area contributed by atoms with Crippen molar-refractivity contribution in [2.24, 2.45) is 0 Å². The SMILES string of the molecule is Cc1ccc(C)c(N2CCN(C(=O)c3ccc(-c4cncnc4)nc3)CC2)c1. The molecule has 28 heavy (non-hydrogen) atoms. The van der Waals surface area contributed by atoms with Crippen molar-refractivity contribution in [3.63, 3.8) is 0 Å². The van der Waals surface area contributed by atoms with Gasteiger partial charge in [0.1, 0.15) is 6.33 Å². The van der Waals surface area contributed by atoms with Crippen LogP contribution in [0.15, 0.2) is 55.2 Å². The lowest BCUT2D eigenvalue weighted by atomic mass is 10.1. The molecule has 6 heteroatoms. The van der Waals surface area contributed by atoms with E-state index in [0.29, 0.717) is 18.7 Å². The van der Waals surface area contributed by atoms with E-state index in [4.69, 9.17) is 0 Å². The fourth-order valence-corrected chi connectivity index (χ4v) is 3.52. The molecular weight excluding hydrogens is 350 g/mol. The largest absolute Gasteiger partial charge is 0.368 e. The van der Waals surface area contributed by atoms with Crippen molar-refractivity contribution in [1.29, 1.82) is 0 Å². The van der Waals surface area contributed by atoms with Gasteiger partial charge in [-0.2, -0.15) is 0 Å². The molecule has 1 aliphatic heterocycles. The van der Waals surface area contributed by atoms with E-state index < -0.39 is 0 Å². The molecule has 0 radical (unpaired) electrons. The Labute approximate surface area is 164 Å². The average molecular weight is 373 g/mol. The van der Waals surface area contributed by atoms with Gasteiger partial charge in [0.15, 0.2) is 0 Å². The number of carbonyl (C=O) groups excluding carboxylic acids is 1. The third-order valence-electron chi connectivity index (χ3n) is 5.14. The van der Waals surface area contributed by atoms with Crippen molar-refractivity contribution in [3.05, 3.63) is 71.9 Å². The van der Waals surface area contributed by atoms with E-state index in [2.05, 4.69) is 51.9 Å². The van der Waals surface area contributed by atoms with Crippen LogP contribution >= 0.6 is 0 Å². The van der Waals surface area contributed by atoms with Crippen LogP contribution < -0.4 is 4.90 Å². The number of nitrogens with zero attached hydrogens (tertiary/aromatic N) is 5. The first-order chi connectivity index (χ1) is 13.6. The standard InChI is InChI=1S/C22H23N5O/c1-16-3-4-17(2)21(11-16)26-7-9-27(10-8-26)22(28)18-5-6-20(25-14-18)19-12-23-15-24-13-19/h3-6,11-15H,7-10H2,1-2H3. The fourth-order valence-electron chi connectivity index (χ4n) is 3.52. The minimum absolute atomic E-state index is 0.0315. The van der Waals surface area contributed by atoms with Crippen LogP contribution in [-0.2, 0) is 0 Å². The Morgan fingerprint density at radius 1 is 0.929 bits per heavy atom. The van der Waals surface area contributed by atoms with Crippen LogP contribution in [0.2, 0.25) is 0 Å². The molecule has 0 bridgehead atoms. The Morgan fingerprint density at radius 3 is 2.36 bits per heavy atom. The maximum Gasteiger partial charge on any atom is 0.255 e. The summed E-state index contributed by atoms with van der Waals surface area (Å²) in [5, 5.41) is 0. The zero-order valence-electron chi connectivity index (χ0n) is 16.2. The molecule has 1 fully saturated rings. The molecule has 1 amide bonds. The molecule has 6 nitrogen and oxygen atoms in total. The van der Waals surface area contributed by atoms with Crippen molar-refractivity contribution < 1.29 is 4.79 Å². The summed E-state index contributed by atoms with van der Waals surface area (Å²) < 4.78 is 0. The predicted octanol–water partition coefficient (Wildman–Crippen LogP) is 3.12. The summed E-state index contributed by atoms with van der Waals surface area (Å²) in [6.07, 6.45) is 6.55. The van der Waals surface area contributed by atoms with Gasteiger partial charge in [0.25, 0.3) is 5.91 Å². The Hall–Kier alpha value is -3.28. The molecule has 142 valence electrons. The number of anilines is 1.